The number of benzene rings is 1. The van der Waals surface area contributed by atoms with Gasteiger partial charge in [-0.05, 0) is 31.4 Å². The Kier molecular flexibility index (Phi) is 7.25. The van der Waals surface area contributed by atoms with Crippen molar-refractivity contribution in [2.75, 3.05) is 13.6 Å². The second-order valence-corrected chi connectivity index (χ2v) is 4.79. The minimum absolute atomic E-state index is 0.124. The summed E-state index contributed by atoms with van der Waals surface area (Å²) < 4.78 is 5.13. The Morgan fingerprint density at radius 3 is 2.52 bits per heavy atom. The average Bonchev–Trinajstić information content (AvgIpc) is 2.49. The number of nitrogens with zero attached hydrogens (tertiary/aromatic N) is 1. The minimum atomic E-state index is -1.04. The molecule has 0 aliphatic heterocycles. The summed E-state index contributed by atoms with van der Waals surface area (Å²) in [4.78, 5) is 24.3. The van der Waals surface area contributed by atoms with Crippen LogP contribution in [0.4, 0.5) is 4.79 Å². The Labute approximate surface area is 124 Å². The maximum atomic E-state index is 11.9. The van der Waals surface area contributed by atoms with Gasteiger partial charge in [-0.15, -0.1) is 0 Å². The molecule has 3 N–H and O–H groups in total. The molecule has 0 saturated heterocycles. The van der Waals surface area contributed by atoms with E-state index in [1.165, 1.54) is 7.05 Å². The number of carboxylic acids is 1. The summed E-state index contributed by atoms with van der Waals surface area (Å²) in [6.07, 6.45) is 1.11. The molecule has 6 nitrogen and oxygen atoms in total. The first-order valence-corrected chi connectivity index (χ1v) is 6.92. The van der Waals surface area contributed by atoms with Crippen LogP contribution < -0.4 is 5.73 Å². The Hall–Kier alpha value is -2.08. The number of aliphatic carboxylic acids is 1. The van der Waals surface area contributed by atoms with Crippen molar-refractivity contribution in [2.24, 2.45) is 5.73 Å². The molecule has 0 aliphatic rings. The fourth-order valence-corrected chi connectivity index (χ4v) is 1.91. The Bertz CT molecular complexity index is 450. The van der Waals surface area contributed by atoms with Crippen molar-refractivity contribution in [2.45, 2.75) is 31.9 Å². The van der Waals surface area contributed by atoms with Crippen LogP contribution in [0.2, 0.25) is 0 Å². The molecular weight excluding hydrogens is 272 g/mol. The van der Waals surface area contributed by atoms with E-state index in [1.54, 1.807) is 0 Å². The molecule has 1 atom stereocenters. The molecule has 0 aliphatic carbocycles. The molecule has 0 heterocycles. The van der Waals surface area contributed by atoms with E-state index in [1.807, 2.05) is 30.3 Å². The van der Waals surface area contributed by atoms with Crippen LogP contribution in [0, 0.1) is 0 Å². The fraction of sp³-hybridized carbons (Fsp3) is 0.467. The number of ether oxygens (including phenoxy) is 1. The predicted octanol–water partition coefficient (Wildman–Crippen LogP) is 1.84. The van der Waals surface area contributed by atoms with E-state index in [9.17, 15) is 14.7 Å². The van der Waals surface area contributed by atoms with Crippen LogP contribution in [0.25, 0.3) is 0 Å². The summed E-state index contributed by atoms with van der Waals surface area (Å²) in [6, 6.07) is 8.35. The monoisotopic (exact) mass is 294 g/mol. The van der Waals surface area contributed by atoms with Gasteiger partial charge in [-0.2, -0.15) is 0 Å². The summed E-state index contributed by atoms with van der Waals surface area (Å²) in [6.45, 7) is 0.633. The maximum absolute atomic E-state index is 11.9. The summed E-state index contributed by atoms with van der Waals surface area (Å²) in [5, 5.41) is 9.20. The second kappa shape index (κ2) is 8.97. The largest absolute Gasteiger partial charge is 0.480 e. The minimum Gasteiger partial charge on any atom is -0.480 e. The number of amides is 1. The van der Waals surface area contributed by atoms with Crippen molar-refractivity contribution in [1.29, 1.82) is 0 Å². The molecule has 116 valence electrons. The molecule has 0 bridgehead atoms. The second-order valence-electron chi connectivity index (χ2n) is 4.79. The molecule has 1 aromatic carbocycles. The molecule has 0 saturated carbocycles. The lowest BCUT2D eigenvalue weighted by atomic mass is 10.1. The molecule has 1 amide bonds. The van der Waals surface area contributed by atoms with Crippen molar-refractivity contribution in [1.82, 2.24) is 4.90 Å². The highest BCUT2D eigenvalue weighted by molar-refractivity contribution is 5.79. The quantitative estimate of drug-likeness (QED) is 0.714. The standard InChI is InChI=1S/C15H22N2O4/c1-17(13(14(18)19)9-5-6-10-16)15(20)21-11-12-7-3-2-4-8-12/h2-4,7-8,13H,5-6,9-11,16H2,1H3,(H,18,19). The zero-order valence-electron chi connectivity index (χ0n) is 12.2. The highest BCUT2D eigenvalue weighted by atomic mass is 16.6. The van der Waals surface area contributed by atoms with E-state index in [4.69, 9.17) is 10.5 Å². The third-order valence-corrected chi connectivity index (χ3v) is 3.18. The molecule has 21 heavy (non-hydrogen) atoms. The summed E-state index contributed by atoms with van der Waals surface area (Å²) in [5.41, 5.74) is 6.24. The van der Waals surface area contributed by atoms with Gasteiger partial charge < -0.3 is 15.6 Å². The van der Waals surface area contributed by atoms with E-state index < -0.39 is 18.1 Å². The molecule has 6 heteroatoms. The number of likely N-dealkylation sites (N-methyl/N-ethyl adjacent to an activating group) is 1. The molecular formula is C15H22N2O4. The first-order valence-electron chi connectivity index (χ1n) is 6.92. The van der Waals surface area contributed by atoms with E-state index in [-0.39, 0.29) is 6.61 Å². The van der Waals surface area contributed by atoms with Crippen LogP contribution in [0.3, 0.4) is 0 Å². The Balaban J connectivity index is 2.51. The fourth-order valence-electron chi connectivity index (χ4n) is 1.91. The normalized spacial score (nSPS) is 11.7. The number of unbranched alkanes of at least 4 members (excludes halogenated alkanes) is 1. The van der Waals surface area contributed by atoms with Crippen molar-refractivity contribution < 1.29 is 19.4 Å². The van der Waals surface area contributed by atoms with Gasteiger partial charge in [-0.3, -0.25) is 4.90 Å². The number of hydrogen-bond acceptors (Lipinski definition) is 4. The van der Waals surface area contributed by atoms with E-state index in [0.29, 0.717) is 19.4 Å². The maximum Gasteiger partial charge on any atom is 0.410 e. The average molecular weight is 294 g/mol. The molecule has 1 rings (SSSR count). The highest BCUT2D eigenvalue weighted by Crippen LogP contribution is 2.10. The first kappa shape index (κ1) is 17.0. The third-order valence-electron chi connectivity index (χ3n) is 3.18. The van der Waals surface area contributed by atoms with Crippen molar-refractivity contribution in [3.05, 3.63) is 35.9 Å². The van der Waals surface area contributed by atoms with Crippen molar-refractivity contribution in [3.8, 4) is 0 Å². The van der Waals surface area contributed by atoms with Crippen LogP contribution in [0.5, 0.6) is 0 Å². The van der Waals surface area contributed by atoms with Gasteiger partial charge in [0.05, 0.1) is 0 Å². The molecule has 0 spiro atoms. The van der Waals surface area contributed by atoms with E-state index >= 15 is 0 Å². The smallest absolute Gasteiger partial charge is 0.410 e. The number of carbonyl (C=O) groups excluding carboxylic acids is 1. The van der Waals surface area contributed by atoms with Crippen LogP contribution in [0.15, 0.2) is 30.3 Å². The van der Waals surface area contributed by atoms with Gasteiger partial charge in [0.1, 0.15) is 12.6 Å². The lowest BCUT2D eigenvalue weighted by Crippen LogP contribution is -2.42. The SMILES string of the molecule is CN(C(=O)OCc1ccccc1)C(CCCCN)C(=O)O. The summed E-state index contributed by atoms with van der Waals surface area (Å²) >= 11 is 0. The van der Waals surface area contributed by atoms with Crippen LogP contribution in [0.1, 0.15) is 24.8 Å². The first-order chi connectivity index (χ1) is 10.1. The zero-order chi connectivity index (χ0) is 15.7. The van der Waals surface area contributed by atoms with E-state index in [0.717, 1.165) is 16.9 Å². The van der Waals surface area contributed by atoms with Gasteiger partial charge in [0.15, 0.2) is 0 Å². The zero-order valence-corrected chi connectivity index (χ0v) is 12.2. The van der Waals surface area contributed by atoms with Crippen molar-refractivity contribution in [3.63, 3.8) is 0 Å². The van der Waals surface area contributed by atoms with Gasteiger partial charge in [-0.25, -0.2) is 9.59 Å². The Morgan fingerprint density at radius 1 is 1.29 bits per heavy atom. The van der Waals surface area contributed by atoms with Gasteiger partial charge >= 0.3 is 12.1 Å². The number of hydrogen-bond donors (Lipinski definition) is 2. The van der Waals surface area contributed by atoms with Gasteiger partial charge in [0, 0.05) is 7.05 Å². The third kappa shape index (κ3) is 5.83. The molecule has 0 aromatic heterocycles. The van der Waals surface area contributed by atoms with Gasteiger partial charge in [0.2, 0.25) is 0 Å². The topological polar surface area (TPSA) is 92.9 Å². The lowest BCUT2D eigenvalue weighted by molar-refractivity contribution is -0.142. The number of carbonyl (C=O) groups is 2. The van der Waals surface area contributed by atoms with Crippen LogP contribution in [-0.2, 0) is 16.1 Å². The molecule has 1 aromatic rings. The number of nitrogens with two attached hydrogens (primary N) is 1. The van der Waals surface area contributed by atoms with Crippen LogP contribution >= 0.6 is 0 Å². The molecule has 0 radical (unpaired) electrons. The Morgan fingerprint density at radius 2 is 1.95 bits per heavy atom. The number of rotatable bonds is 8. The predicted molar refractivity (Wildman–Crippen MR) is 78.7 cm³/mol. The summed E-state index contributed by atoms with van der Waals surface area (Å²) in [5.74, 6) is -1.04. The van der Waals surface area contributed by atoms with Crippen molar-refractivity contribution >= 4 is 12.1 Å². The van der Waals surface area contributed by atoms with E-state index in [2.05, 4.69) is 0 Å². The highest BCUT2D eigenvalue weighted by Gasteiger charge is 2.26. The summed E-state index contributed by atoms with van der Waals surface area (Å²) in [7, 11) is 1.44. The molecule has 1 unspecified atom stereocenters. The van der Waals surface area contributed by atoms with Gasteiger partial charge in [-0.1, -0.05) is 30.3 Å². The number of carboxylic acid groups (broad SMARTS) is 1. The molecule has 0 fully saturated rings. The van der Waals surface area contributed by atoms with Crippen LogP contribution in [-0.4, -0.2) is 41.7 Å². The lowest BCUT2D eigenvalue weighted by Gasteiger charge is -2.24. The van der Waals surface area contributed by atoms with Gasteiger partial charge in [0.25, 0.3) is 0 Å².